The molecule has 1 aromatic heterocycles. The molecule has 0 saturated carbocycles. The number of carbonyl (C=O) groups excluding carboxylic acids is 2. The number of rotatable bonds is 8. The normalized spacial score (nSPS) is 16.6. The Labute approximate surface area is 172 Å². The number of hydrogen-bond acceptors (Lipinski definition) is 5. The second-order valence-corrected chi connectivity index (χ2v) is 7.76. The molecule has 0 amide bonds. The van der Waals surface area contributed by atoms with Crippen molar-refractivity contribution in [1.82, 2.24) is 14.8 Å². The Balaban J connectivity index is 1.51. The average Bonchev–Trinajstić information content (AvgIpc) is 3.02. The van der Waals surface area contributed by atoms with E-state index in [1.807, 2.05) is 51.1 Å². The van der Waals surface area contributed by atoms with E-state index in [1.54, 1.807) is 6.92 Å². The van der Waals surface area contributed by atoms with Gasteiger partial charge in [0.2, 0.25) is 0 Å². The van der Waals surface area contributed by atoms with Gasteiger partial charge in [-0.1, -0.05) is 18.2 Å². The first-order valence-corrected chi connectivity index (χ1v) is 10.3. The fraction of sp³-hybridized carbons (Fsp3) is 0.478. The minimum absolute atomic E-state index is 0.00529. The Morgan fingerprint density at radius 3 is 2.34 bits per heavy atom. The third kappa shape index (κ3) is 4.95. The molecule has 2 heterocycles. The van der Waals surface area contributed by atoms with Crippen LogP contribution in [-0.2, 0) is 0 Å². The van der Waals surface area contributed by atoms with Gasteiger partial charge in [-0.2, -0.15) is 0 Å². The van der Waals surface area contributed by atoms with E-state index in [4.69, 9.17) is 4.74 Å². The minimum atomic E-state index is -0.214. The quantitative estimate of drug-likeness (QED) is 0.694. The van der Waals surface area contributed by atoms with E-state index in [0.29, 0.717) is 17.9 Å². The summed E-state index contributed by atoms with van der Waals surface area (Å²) in [6, 6.07) is 9.64. The number of aromatic amines is 1. The van der Waals surface area contributed by atoms with Crippen LogP contribution in [0.4, 0.5) is 0 Å². The summed E-state index contributed by atoms with van der Waals surface area (Å²) in [6.45, 7) is 12.3. The molecule has 1 aromatic carbocycles. The lowest BCUT2D eigenvalue weighted by atomic mass is 10.0. The zero-order valence-corrected chi connectivity index (χ0v) is 17.8. The van der Waals surface area contributed by atoms with Crippen molar-refractivity contribution in [3.8, 4) is 5.75 Å². The predicted octanol–water partition coefficient (Wildman–Crippen LogP) is 3.10. The molecule has 1 aliphatic rings. The lowest BCUT2D eigenvalue weighted by molar-refractivity contribution is 0.0668. The van der Waals surface area contributed by atoms with Crippen LogP contribution in [0.2, 0.25) is 0 Å². The molecule has 0 spiro atoms. The first kappa shape index (κ1) is 21.3. The molecule has 1 N–H and O–H groups in total. The number of nitrogens with zero attached hydrogens (tertiary/aromatic N) is 2. The predicted molar refractivity (Wildman–Crippen MR) is 114 cm³/mol. The Morgan fingerprint density at radius 2 is 1.76 bits per heavy atom. The molecule has 0 radical (unpaired) electrons. The number of benzene rings is 1. The summed E-state index contributed by atoms with van der Waals surface area (Å²) < 4.78 is 5.78. The number of nitrogens with one attached hydrogen (secondary N) is 1. The largest absolute Gasteiger partial charge is 0.492 e. The van der Waals surface area contributed by atoms with Crippen LogP contribution in [0.15, 0.2) is 30.3 Å². The highest BCUT2D eigenvalue weighted by Crippen LogP contribution is 2.21. The Kier molecular flexibility index (Phi) is 6.87. The van der Waals surface area contributed by atoms with Gasteiger partial charge in [0, 0.05) is 44.0 Å². The Hall–Kier alpha value is -2.44. The first-order valence-electron chi connectivity index (χ1n) is 10.3. The molecule has 6 heteroatoms. The number of ketones is 2. The van der Waals surface area contributed by atoms with Gasteiger partial charge in [-0.25, -0.2) is 0 Å². The highest BCUT2D eigenvalue weighted by atomic mass is 16.5. The monoisotopic (exact) mass is 397 g/mol. The van der Waals surface area contributed by atoms with Gasteiger partial charge in [-0.05, 0) is 45.4 Å². The number of aryl methyl sites for hydroxylation is 1. The second-order valence-electron chi connectivity index (χ2n) is 7.76. The number of piperazine rings is 1. The SMILES string of the molecule is CC(=O)c1c(C)[nH]c(C(=O)[C@@H](C)N2CCN(CCOc3ccccc3)CC2)c1C. The van der Waals surface area contributed by atoms with E-state index in [1.165, 1.54) is 0 Å². The maximum absolute atomic E-state index is 13.0. The van der Waals surface area contributed by atoms with Crippen molar-refractivity contribution in [2.24, 2.45) is 0 Å². The maximum Gasteiger partial charge on any atom is 0.196 e. The number of para-hydroxylation sites is 1. The average molecular weight is 398 g/mol. The molecule has 1 saturated heterocycles. The van der Waals surface area contributed by atoms with Gasteiger partial charge in [-0.3, -0.25) is 19.4 Å². The van der Waals surface area contributed by atoms with Crippen molar-refractivity contribution in [3.63, 3.8) is 0 Å². The van der Waals surface area contributed by atoms with E-state index in [-0.39, 0.29) is 17.6 Å². The van der Waals surface area contributed by atoms with E-state index < -0.39 is 0 Å². The highest BCUT2D eigenvalue weighted by molar-refractivity contribution is 6.05. The van der Waals surface area contributed by atoms with Crippen LogP contribution in [0.5, 0.6) is 5.75 Å². The Bertz CT molecular complexity index is 852. The number of H-pyrrole nitrogens is 1. The molecule has 0 bridgehead atoms. The van der Waals surface area contributed by atoms with Crippen molar-refractivity contribution in [1.29, 1.82) is 0 Å². The molecular formula is C23H31N3O3. The van der Waals surface area contributed by atoms with Gasteiger partial charge in [0.1, 0.15) is 12.4 Å². The van der Waals surface area contributed by atoms with Gasteiger partial charge in [-0.15, -0.1) is 0 Å². The number of hydrogen-bond donors (Lipinski definition) is 1. The standard InChI is InChI=1S/C23H31N3O3/c1-16-21(19(4)27)17(2)24-22(16)23(28)18(3)26-12-10-25(11-13-26)14-15-29-20-8-6-5-7-9-20/h5-9,18,24H,10-15H2,1-4H3/t18-/m1/s1. The summed E-state index contributed by atoms with van der Waals surface area (Å²) in [5, 5.41) is 0. The molecule has 29 heavy (non-hydrogen) atoms. The second kappa shape index (κ2) is 9.37. The van der Waals surface area contributed by atoms with Gasteiger partial charge in [0.15, 0.2) is 11.6 Å². The number of carbonyl (C=O) groups is 2. The summed E-state index contributed by atoms with van der Waals surface area (Å²) >= 11 is 0. The van der Waals surface area contributed by atoms with E-state index in [0.717, 1.165) is 49.7 Å². The van der Waals surface area contributed by atoms with Crippen LogP contribution in [0, 0.1) is 13.8 Å². The summed E-state index contributed by atoms with van der Waals surface area (Å²) in [5.41, 5.74) is 2.75. The van der Waals surface area contributed by atoms with Crippen LogP contribution in [-0.4, -0.2) is 71.7 Å². The summed E-state index contributed by atoms with van der Waals surface area (Å²) in [4.78, 5) is 32.6. The van der Waals surface area contributed by atoms with Crippen LogP contribution in [0.3, 0.4) is 0 Å². The lowest BCUT2D eigenvalue weighted by Gasteiger charge is -2.37. The van der Waals surface area contributed by atoms with Gasteiger partial charge < -0.3 is 9.72 Å². The maximum atomic E-state index is 13.0. The zero-order chi connectivity index (χ0) is 21.0. The van der Waals surface area contributed by atoms with Crippen LogP contribution >= 0.6 is 0 Å². The van der Waals surface area contributed by atoms with Crippen LogP contribution in [0.25, 0.3) is 0 Å². The van der Waals surface area contributed by atoms with E-state index >= 15 is 0 Å². The zero-order valence-electron chi connectivity index (χ0n) is 17.8. The summed E-state index contributed by atoms with van der Waals surface area (Å²) in [5.74, 6) is 0.945. The fourth-order valence-corrected chi connectivity index (χ4v) is 4.08. The minimum Gasteiger partial charge on any atom is -0.492 e. The highest BCUT2D eigenvalue weighted by Gasteiger charge is 2.29. The molecule has 1 atom stereocenters. The molecule has 6 nitrogen and oxygen atoms in total. The third-order valence-electron chi connectivity index (χ3n) is 5.79. The summed E-state index contributed by atoms with van der Waals surface area (Å²) in [6.07, 6.45) is 0. The van der Waals surface area contributed by atoms with Crippen LogP contribution in [0.1, 0.15) is 46.0 Å². The molecule has 1 fully saturated rings. The first-order chi connectivity index (χ1) is 13.9. The van der Waals surface area contributed by atoms with Crippen molar-refractivity contribution < 1.29 is 14.3 Å². The third-order valence-corrected chi connectivity index (χ3v) is 5.79. The molecule has 3 rings (SSSR count). The number of aromatic nitrogens is 1. The lowest BCUT2D eigenvalue weighted by Crippen LogP contribution is -2.52. The molecule has 156 valence electrons. The number of ether oxygens (including phenoxy) is 1. The number of Topliss-reactive ketones (excluding diaryl/α,β-unsaturated/α-hetero) is 2. The smallest absolute Gasteiger partial charge is 0.196 e. The molecule has 1 aliphatic heterocycles. The van der Waals surface area contributed by atoms with Gasteiger partial charge in [0.25, 0.3) is 0 Å². The van der Waals surface area contributed by atoms with Gasteiger partial charge >= 0.3 is 0 Å². The van der Waals surface area contributed by atoms with Crippen molar-refractivity contribution in [3.05, 3.63) is 52.8 Å². The Morgan fingerprint density at radius 1 is 1.10 bits per heavy atom. The van der Waals surface area contributed by atoms with E-state index in [9.17, 15) is 9.59 Å². The van der Waals surface area contributed by atoms with Crippen LogP contribution < -0.4 is 4.74 Å². The van der Waals surface area contributed by atoms with Crippen molar-refractivity contribution >= 4 is 11.6 Å². The molecule has 0 aliphatic carbocycles. The van der Waals surface area contributed by atoms with E-state index in [2.05, 4.69) is 14.8 Å². The molecule has 0 unspecified atom stereocenters. The molecule has 2 aromatic rings. The topological polar surface area (TPSA) is 65.6 Å². The molecular weight excluding hydrogens is 366 g/mol. The van der Waals surface area contributed by atoms with Gasteiger partial charge in [0.05, 0.1) is 11.7 Å². The van der Waals surface area contributed by atoms with Crippen molar-refractivity contribution in [2.75, 3.05) is 39.3 Å². The fourth-order valence-electron chi connectivity index (χ4n) is 4.08. The summed E-state index contributed by atoms with van der Waals surface area (Å²) in [7, 11) is 0. The van der Waals surface area contributed by atoms with Crippen molar-refractivity contribution in [2.45, 2.75) is 33.7 Å².